The number of hydrogen-bond donors (Lipinski definition) is 0. The molecule has 0 N–H and O–H groups in total. The highest BCUT2D eigenvalue weighted by Gasteiger charge is 2.36. The Morgan fingerprint density at radius 3 is 2.27 bits per heavy atom. The fourth-order valence-corrected chi connectivity index (χ4v) is 5.71. The summed E-state index contributed by atoms with van der Waals surface area (Å²) in [6.45, 7) is 1.31. The number of halogens is 4. The molecule has 0 aliphatic rings. The highest BCUT2D eigenvalue weighted by atomic mass is 79.9. The first-order valence-corrected chi connectivity index (χ1v) is 12.2. The molecule has 4 aromatic rings. The Bertz CT molecular complexity index is 1400. The lowest BCUT2D eigenvalue weighted by molar-refractivity contribution is -0.153. The molecule has 0 saturated carbocycles. The lowest BCUT2D eigenvalue weighted by Gasteiger charge is -2.23. The SMILES string of the molecule is Cc1ccc2ccccc2c1S(=O)(=O)N(Cc1ccc(Br)cc1)Cc1ccc(C(F)(F)F)o1. The van der Waals surface area contributed by atoms with Crippen LogP contribution in [0.15, 0.2) is 86.6 Å². The van der Waals surface area contributed by atoms with Gasteiger partial charge in [-0.3, -0.25) is 0 Å². The zero-order chi connectivity index (χ0) is 23.8. The summed E-state index contributed by atoms with van der Waals surface area (Å²) in [6.07, 6.45) is -4.65. The number of aryl methyl sites for hydroxylation is 1. The first-order valence-electron chi connectivity index (χ1n) is 9.94. The number of furan rings is 1. The van der Waals surface area contributed by atoms with E-state index in [0.29, 0.717) is 16.5 Å². The molecular weight excluding hydrogens is 519 g/mol. The van der Waals surface area contributed by atoms with Crippen LogP contribution in [0, 0.1) is 6.92 Å². The van der Waals surface area contributed by atoms with Gasteiger partial charge in [-0.15, -0.1) is 0 Å². The minimum atomic E-state index is -4.65. The first kappa shape index (κ1) is 23.5. The molecule has 0 aliphatic carbocycles. The topological polar surface area (TPSA) is 50.5 Å². The van der Waals surface area contributed by atoms with Crippen LogP contribution in [0.25, 0.3) is 10.8 Å². The molecule has 0 amide bonds. The molecule has 0 fully saturated rings. The summed E-state index contributed by atoms with van der Waals surface area (Å²) in [5.41, 5.74) is 1.23. The lowest BCUT2D eigenvalue weighted by atomic mass is 10.1. The molecule has 0 saturated heterocycles. The third kappa shape index (κ3) is 5.00. The van der Waals surface area contributed by atoms with Gasteiger partial charge in [0.15, 0.2) is 0 Å². The van der Waals surface area contributed by atoms with Crippen molar-refractivity contribution in [2.24, 2.45) is 0 Å². The molecule has 4 rings (SSSR count). The number of sulfonamides is 1. The van der Waals surface area contributed by atoms with Crippen LogP contribution in [0.1, 0.15) is 22.6 Å². The van der Waals surface area contributed by atoms with Crippen molar-refractivity contribution in [1.82, 2.24) is 4.31 Å². The van der Waals surface area contributed by atoms with Crippen molar-refractivity contribution in [1.29, 1.82) is 0 Å². The summed E-state index contributed by atoms with van der Waals surface area (Å²) in [5.74, 6) is -1.26. The van der Waals surface area contributed by atoms with Gasteiger partial charge in [-0.05, 0) is 47.7 Å². The molecule has 0 atom stereocenters. The summed E-state index contributed by atoms with van der Waals surface area (Å²) in [4.78, 5) is 0.125. The molecule has 0 aliphatic heterocycles. The van der Waals surface area contributed by atoms with Crippen LogP contribution in [0.2, 0.25) is 0 Å². The highest BCUT2D eigenvalue weighted by molar-refractivity contribution is 9.10. The Kier molecular flexibility index (Phi) is 6.39. The number of hydrogen-bond acceptors (Lipinski definition) is 3. The van der Waals surface area contributed by atoms with E-state index in [1.165, 1.54) is 0 Å². The zero-order valence-electron chi connectivity index (χ0n) is 17.4. The third-order valence-corrected chi connectivity index (χ3v) is 7.74. The van der Waals surface area contributed by atoms with Gasteiger partial charge in [-0.25, -0.2) is 8.42 Å². The molecule has 0 radical (unpaired) electrons. The van der Waals surface area contributed by atoms with Crippen molar-refractivity contribution in [3.8, 4) is 0 Å². The lowest BCUT2D eigenvalue weighted by Crippen LogP contribution is -2.31. The Labute approximate surface area is 197 Å². The van der Waals surface area contributed by atoms with Crippen molar-refractivity contribution in [3.05, 3.63) is 99.9 Å². The number of benzene rings is 3. The second-order valence-corrected chi connectivity index (χ2v) is 10.4. The van der Waals surface area contributed by atoms with Crippen molar-refractivity contribution >= 4 is 36.7 Å². The van der Waals surface area contributed by atoms with E-state index in [1.54, 1.807) is 49.4 Å². The maximum atomic E-state index is 13.9. The monoisotopic (exact) mass is 537 g/mol. The van der Waals surface area contributed by atoms with Gasteiger partial charge in [0.05, 0.1) is 11.4 Å². The van der Waals surface area contributed by atoms with Crippen molar-refractivity contribution < 1.29 is 26.0 Å². The molecular formula is C24H19BrF3NO3S. The molecule has 172 valence electrons. The highest BCUT2D eigenvalue weighted by Crippen LogP contribution is 2.33. The van der Waals surface area contributed by atoms with E-state index >= 15 is 0 Å². The minimum absolute atomic E-state index is 0.0413. The molecule has 4 nitrogen and oxygen atoms in total. The smallest absolute Gasteiger partial charge is 0.449 e. The minimum Gasteiger partial charge on any atom is -0.455 e. The first-order chi connectivity index (χ1) is 15.6. The van der Waals surface area contributed by atoms with E-state index in [0.717, 1.165) is 26.3 Å². The predicted octanol–water partition coefficient (Wildman–Crippen LogP) is 6.91. The van der Waals surface area contributed by atoms with Gasteiger partial charge in [0.2, 0.25) is 15.8 Å². The summed E-state index contributed by atoms with van der Waals surface area (Å²) in [6, 6.07) is 19.7. The Hall–Kier alpha value is -2.62. The summed E-state index contributed by atoms with van der Waals surface area (Å²) >= 11 is 3.35. The van der Waals surface area contributed by atoms with E-state index in [4.69, 9.17) is 4.42 Å². The van der Waals surface area contributed by atoms with Gasteiger partial charge in [0.25, 0.3) is 0 Å². The summed E-state index contributed by atoms with van der Waals surface area (Å²) in [5, 5.41) is 1.30. The normalized spacial score (nSPS) is 12.5. The molecule has 0 unspecified atom stereocenters. The molecule has 3 aromatic carbocycles. The van der Waals surface area contributed by atoms with Crippen LogP contribution < -0.4 is 0 Å². The molecule has 1 heterocycles. The summed E-state index contributed by atoms with van der Waals surface area (Å²) in [7, 11) is -4.11. The Morgan fingerprint density at radius 2 is 1.61 bits per heavy atom. The average molecular weight is 538 g/mol. The van der Waals surface area contributed by atoms with Crippen molar-refractivity contribution in [3.63, 3.8) is 0 Å². The fourth-order valence-electron chi connectivity index (χ4n) is 3.63. The van der Waals surface area contributed by atoms with Gasteiger partial charge >= 0.3 is 6.18 Å². The number of fused-ring (bicyclic) bond motifs is 1. The van der Waals surface area contributed by atoms with Crippen LogP contribution in [-0.2, 0) is 29.3 Å². The molecule has 9 heteroatoms. The Morgan fingerprint density at radius 1 is 0.909 bits per heavy atom. The van der Waals surface area contributed by atoms with Crippen LogP contribution in [0.4, 0.5) is 13.2 Å². The summed E-state index contributed by atoms with van der Waals surface area (Å²) < 4.78 is 73.8. The van der Waals surface area contributed by atoms with Gasteiger partial charge in [-0.2, -0.15) is 17.5 Å². The molecule has 0 bridgehead atoms. The molecule has 0 spiro atoms. The second-order valence-electron chi connectivity index (χ2n) is 7.60. The predicted molar refractivity (Wildman–Crippen MR) is 123 cm³/mol. The fraction of sp³-hybridized carbons (Fsp3) is 0.167. The number of nitrogens with zero attached hydrogens (tertiary/aromatic N) is 1. The quantitative estimate of drug-likeness (QED) is 0.268. The Balaban J connectivity index is 1.81. The van der Waals surface area contributed by atoms with E-state index < -0.39 is 22.0 Å². The van der Waals surface area contributed by atoms with E-state index in [9.17, 15) is 21.6 Å². The van der Waals surface area contributed by atoms with E-state index in [1.807, 2.05) is 18.2 Å². The standard InChI is InChI=1S/C24H19BrF3NO3S/c1-16-6-9-18-4-2-3-5-21(18)23(16)33(30,31)29(14-17-7-10-19(25)11-8-17)15-20-12-13-22(32-20)24(26,27)28/h2-13H,14-15H2,1H3. The average Bonchev–Trinajstić information content (AvgIpc) is 3.24. The number of alkyl halides is 3. The van der Waals surface area contributed by atoms with Crippen LogP contribution in [0.3, 0.4) is 0 Å². The third-order valence-electron chi connectivity index (χ3n) is 5.22. The van der Waals surface area contributed by atoms with Crippen LogP contribution >= 0.6 is 15.9 Å². The second kappa shape index (κ2) is 8.96. The maximum Gasteiger partial charge on any atom is 0.449 e. The van der Waals surface area contributed by atoms with Crippen molar-refractivity contribution in [2.45, 2.75) is 31.1 Å². The van der Waals surface area contributed by atoms with Crippen LogP contribution in [-0.4, -0.2) is 12.7 Å². The number of rotatable bonds is 6. The maximum absolute atomic E-state index is 13.9. The van der Waals surface area contributed by atoms with Crippen LogP contribution in [0.5, 0.6) is 0 Å². The zero-order valence-corrected chi connectivity index (χ0v) is 19.8. The van der Waals surface area contributed by atoms with Gasteiger partial charge in [0.1, 0.15) is 5.76 Å². The van der Waals surface area contributed by atoms with Gasteiger partial charge in [-0.1, -0.05) is 64.5 Å². The van der Waals surface area contributed by atoms with Gasteiger partial charge in [0, 0.05) is 16.4 Å². The van der Waals surface area contributed by atoms with Crippen molar-refractivity contribution in [2.75, 3.05) is 0 Å². The van der Waals surface area contributed by atoms with Gasteiger partial charge < -0.3 is 4.42 Å². The largest absolute Gasteiger partial charge is 0.455 e. The van der Waals surface area contributed by atoms with E-state index in [2.05, 4.69) is 15.9 Å². The van der Waals surface area contributed by atoms with E-state index in [-0.39, 0.29) is 23.7 Å². The molecule has 1 aromatic heterocycles. The molecule has 33 heavy (non-hydrogen) atoms.